The number of carbonyl (C=O) groups is 1. The lowest BCUT2D eigenvalue weighted by atomic mass is 9.69. The van der Waals surface area contributed by atoms with Gasteiger partial charge in [-0.1, -0.05) is 49.1 Å². The lowest BCUT2D eigenvalue weighted by Gasteiger charge is -2.39. The van der Waals surface area contributed by atoms with Gasteiger partial charge in [-0.15, -0.1) is 12.4 Å². The van der Waals surface area contributed by atoms with Gasteiger partial charge in [-0.25, -0.2) is 0 Å². The highest BCUT2D eigenvalue weighted by Crippen LogP contribution is 2.39. The molecule has 1 amide bonds. The van der Waals surface area contributed by atoms with E-state index in [2.05, 4.69) is 41.8 Å². The largest absolute Gasteiger partial charge is 0.378 e. The Kier molecular flexibility index (Phi) is 7.08. The van der Waals surface area contributed by atoms with E-state index < -0.39 is 0 Å². The van der Waals surface area contributed by atoms with E-state index in [4.69, 9.17) is 4.74 Å². The van der Waals surface area contributed by atoms with Gasteiger partial charge in [-0.2, -0.15) is 0 Å². The minimum absolute atomic E-state index is 0. The van der Waals surface area contributed by atoms with Crippen molar-refractivity contribution in [1.82, 2.24) is 10.6 Å². The van der Waals surface area contributed by atoms with Crippen molar-refractivity contribution in [2.45, 2.75) is 50.5 Å². The van der Waals surface area contributed by atoms with Crippen LogP contribution in [0.1, 0.15) is 43.2 Å². The van der Waals surface area contributed by atoms with Gasteiger partial charge in [0.2, 0.25) is 5.91 Å². The number of nitrogens with one attached hydrogen (secondary N) is 2. The van der Waals surface area contributed by atoms with Crippen molar-refractivity contribution in [2.75, 3.05) is 26.3 Å². The Balaban J connectivity index is 0.00000208. The van der Waals surface area contributed by atoms with E-state index in [1.807, 2.05) is 0 Å². The summed E-state index contributed by atoms with van der Waals surface area (Å²) in [6, 6.07) is 8.59. The van der Waals surface area contributed by atoms with Crippen molar-refractivity contribution in [3.63, 3.8) is 0 Å². The molecule has 2 N–H and O–H groups in total. The van der Waals surface area contributed by atoms with Crippen molar-refractivity contribution in [2.24, 2.45) is 0 Å². The second kappa shape index (κ2) is 8.84. The molecule has 2 aliphatic rings. The molecule has 0 aromatic heterocycles. The van der Waals surface area contributed by atoms with Gasteiger partial charge in [0.15, 0.2) is 0 Å². The van der Waals surface area contributed by atoms with Crippen LogP contribution in [0.5, 0.6) is 0 Å². The summed E-state index contributed by atoms with van der Waals surface area (Å²) in [5, 5.41) is 6.43. The Hall–Kier alpha value is -1.10. The first-order valence-electron chi connectivity index (χ1n) is 8.86. The van der Waals surface area contributed by atoms with Crippen molar-refractivity contribution in [1.29, 1.82) is 0 Å². The molecule has 1 unspecified atom stereocenters. The molecule has 24 heavy (non-hydrogen) atoms. The van der Waals surface area contributed by atoms with Crippen LogP contribution >= 0.6 is 12.4 Å². The molecule has 1 aromatic rings. The molecule has 1 atom stereocenters. The predicted octanol–water partition coefficient (Wildman–Crippen LogP) is 2.72. The number of rotatable bonds is 4. The molecule has 1 aliphatic carbocycles. The maximum Gasteiger partial charge on any atom is 0.239 e. The molecule has 5 heteroatoms. The van der Waals surface area contributed by atoms with Crippen molar-refractivity contribution in [3.05, 3.63) is 35.4 Å². The monoisotopic (exact) mass is 352 g/mol. The number of morpholine rings is 1. The first kappa shape index (κ1) is 19.2. The van der Waals surface area contributed by atoms with Gasteiger partial charge in [0.05, 0.1) is 13.2 Å². The fraction of sp³-hybridized carbons (Fsp3) is 0.632. The number of hydrogen-bond donors (Lipinski definition) is 2. The fourth-order valence-electron chi connectivity index (χ4n) is 3.88. The Labute approximate surface area is 151 Å². The third-order valence-corrected chi connectivity index (χ3v) is 5.28. The van der Waals surface area contributed by atoms with Crippen molar-refractivity contribution in [3.8, 4) is 0 Å². The quantitative estimate of drug-likeness (QED) is 0.876. The molecule has 3 rings (SSSR count). The number of halogens is 1. The van der Waals surface area contributed by atoms with Crippen LogP contribution in [0.3, 0.4) is 0 Å². The van der Waals surface area contributed by atoms with Crippen LogP contribution in [-0.4, -0.2) is 38.3 Å². The summed E-state index contributed by atoms with van der Waals surface area (Å²) < 4.78 is 5.40. The third-order valence-electron chi connectivity index (χ3n) is 5.28. The van der Waals surface area contributed by atoms with Crippen LogP contribution in [0.2, 0.25) is 0 Å². The SMILES string of the molecule is Cc1cccc(C2(CNC(=O)C3COCCN3)CCCCC2)c1.Cl. The molecular weight excluding hydrogens is 324 g/mol. The number of carbonyl (C=O) groups excluding carboxylic acids is 1. The molecule has 2 fully saturated rings. The Bertz CT molecular complexity index is 538. The summed E-state index contributed by atoms with van der Waals surface area (Å²) in [5.74, 6) is 0.0716. The summed E-state index contributed by atoms with van der Waals surface area (Å²) in [6.45, 7) is 4.79. The van der Waals surface area contributed by atoms with E-state index in [0.29, 0.717) is 13.2 Å². The number of amides is 1. The van der Waals surface area contributed by atoms with Crippen LogP contribution < -0.4 is 10.6 Å². The minimum Gasteiger partial charge on any atom is -0.378 e. The van der Waals surface area contributed by atoms with Gasteiger partial charge in [-0.3, -0.25) is 4.79 Å². The molecule has 4 nitrogen and oxygen atoms in total. The first-order valence-corrected chi connectivity index (χ1v) is 8.86. The average molecular weight is 353 g/mol. The summed E-state index contributed by atoms with van der Waals surface area (Å²) in [7, 11) is 0. The van der Waals surface area contributed by atoms with Crippen LogP contribution in [0, 0.1) is 6.92 Å². The van der Waals surface area contributed by atoms with Gasteiger partial charge in [0, 0.05) is 18.5 Å². The van der Waals surface area contributed by atoms with Gasteiger partial charge >= 0.3 is 0 Å². The summed E-state index contributed by atoms with van der Waals surface area (Å²) in [4.78, 5) is 12.4. The van der Waals surface area contributed by atoms with Crippen LogP contribution in [0.25, 0.3) is 0 Å². The molecule has 1 aliphatic heterocycles. The van der Waals surface area contributed by atoms with Crippen LogP contribution in [0.4, 0.5) is 0 Å². The number of benzene rings is 1. The van der Waals surface area contributed by atoms with Gasteiger partial charge < -0.3 is 15.4 Å². The third kappa shape index (κ3) is 4.50. The predicted molar refractivity (Wildman–Crippen MR) is 98.8 cm³/mol. The highest BCUT2D eigenvalue weighted by atomic mass is 35.5. The number of ether oxygens (including phenoxy) is 1. The van der Waals surface area contributed by atoms with E-state index in [9.17, 15) is 4.79 Å². The second-order valence-corrected chi connectivity index (χ2v) is 7.01. The lowest BCUT2D eigenvalue weighted by Crippen LogP contribution is -2.53. The minimum atomic E-state index is -0.207. The normalized spacial score (nSPS) is 23.1. The molecule has 1 saturated heterocycles. The Morgan fingerprint density at radius 3 is 2.79 bits per heavy atom. The van der Waals surface area contributed by atoms with Crippen molar-refractivity contribution < 1.29 is 9.53 Å². The molecule has 0 spiro atoms. The topological polar surface area (TPSA) is 50.4 Å². The van der Waals surface area contributed by atoms with Crippen LogP contribution in [-0.2, 0) is 14.9 Å². The summed E-state index contributed by atoms with van der Waals surface area (Å²) in [6.07, 6.45) is 6.11. The van der Waals surface area contributed by atoms with E-state index >= 15 is 0 Å². The number of aryl methyl sites for hydroxylation is 1. The molecular formula is C19H29ClN2O2. The summed E-state index contributed by atoms with van der Waals surface area (Å²) in [5.41, 5.74) is 2.77. The van der Waals surface area contributed by atoms with E-state index in [1.165, 1.54) is 30.4 Å². The maximum atomic E-state index is 12.4. The average Bonchev–Trinajstić information content (AvgIpc) is 2.61. The second-order valence-electron chi connectivity index (χ2n) is 7.01. The Morgan fingerprint density at radius 1 is 1.33 bits per heavy atom. The zero-order valence-corrected chi connectivity index (χ0v) is 15.3. The smallest absolute Gasteiger partial charge is 0.239 e. The Morgan fingerprint density at radius 2 is 2.12 bits per heavy atom. The molecule has 0 radical (unpaired) electrons. The van der Waals surface area contributed by atoms with Crippen molar-refractivity contribution >= 4 is 18.3 Å². The van der Waals surface area contributed by atoms with Gasteiger partial charge in [-0.05, 0) is 25.3 Å². The molecule has 134 valence electrons. The first-order chi connectivity index (χ1) is 11.2. The molecule has 0 bridgehead atoms. The lowest BCUT2D eigenvalue weighted by molar-refractivity contribution is -0.126. The van der Waals surface area contributed by atoms with Gasteiger partial charge in [0.1, 0.15) is 6.04 Å². The van der Waals surface area contributed by atoms with Gasteiger partial charge in [0.25, 0.3) is 0 Å². The molecule has 1 heterocycles. The maximum absolute atomic E-state index is 12.4. The molecule has 1 aromatic carbocycles. The van der Waals surface area contributed by atoms with E-state index in [1.54, 1.807) is 0 Å². The fourth-order valence-corrected chi connectivity index (χ4v) is 3.88. The zero-order chi connectivity index (χ0) is 16.1. The highest BCUT2D eigenvalue weighted by molar-refractivity contribution is 5.85. The highest BCUT2D eigenvalue weighted by Gasteiger charge is 2.35. The number of hydrogen-bond acceptors (Lipinski definition) is 3. The van der Waals surface area contributed by atoms with E-state index in [0.717, 1.165) is 25.9 Å². The standard InChI is InChI=1S/C19H28N2O2.ClH/c1-15-6-5-7-16(12-15)19(8-3-2-4-9-19)14-21-18(22)17-13-23-11-10-20-17;/h5-7,12,17,20H,2-4,8-11,13-14H2,1H3,(H,21,22);1H. The molecule has 1 saturated carbocycles. The van der Waals surface area contributed by atoms with E-state index in [-0.39, 0.29) is 29.8 Å². The zero-order valence-electron chi connectivity index (χ0n) is 14.5. The summed E-state index contributed by atoms with van der Waals surface area (Å²) >= 11 is 0. The van der Waals surface area contributed by atoms with Crippen LogP contribution in [0.15, 0.2) is 24.3 Å².